The standard InChI is InChI=1S/C29H25BrCl2N2O6/c1-40-20-9-5-8-18(23(20)35)22-16-10-11-17-21(25(37)33(24(17)36)13-15-6-3-2-4-7-15)19(16)12-28(31)26(38)34(14-30)27(39)29(22,28)32/h2-10,17,19,21-22,35H,11-14H2,1H3. The largest absolute Gasteiger partial charge is 0.504 e. The van der Waals surface area contributed by atoms with E-state index in [1.807, 2.05) is 36.4 Å². The molecule has 1 N–H and O–H groups in total. The number of ether oxygens (including phenoxy) is 1. The summed E-state index contributed by atoms with van der Waals surface area (Å²) in [5.74, 6) is -5.24. The van der Waals surface area contributed by atoms with Gasteiger partial charge in [0.2, 0.25) is 11.8 Å². The van der Waals surface area contributed by atoms with Gasteiger partial charge in [0.1, 0.15) is 0 Å². The number of methoxy groups -OCH3 is 1. The maximum atomic E-state index is 13.9. The van der Waals surface area contributed by atoms with Crippen LogP contribution in [-0.2, 0) is 25.7 Å². The Morgan fingerprint density at radius 3 is 2.38 bits per heavy atom. The van der Waals surface area contributed by atoms with Gasteiger partial charge in [0.05, 0.1) is 30.9 Å². The number of phenolic OH excluding ortho intramolecular Hbond substituents is 1. The molecular weight excluding hydrogens is 623 g/mol. The zero-order valence-corrected chi connectivity index (χ0v) is 24.4. The lowest BCUT2D eigenvalue weighted by molar-refractivity contribution is -0.141. The van der Waals surface area contributed by atoms with Crippen LogP contribution in [0.4, 0.5) is 0 Å². The summed E-state index contributed by atoms with van der Waals surface area (Å²) in [6.07, 6.45) is 1.97. The quantitative estimate of drug-likeness (QED) is 0.225. The van der Waals surface area contributed by atoms with Crippen molar-refractivity contribution in [2.75, 3.05) is 12.6 Å². The number of allylic oxidation sites excluding steroid dienone is 2. The molecule has 2 aromatic carbocycles. The predicted molar refractivity (Wildman–Crippen MR) is 150 cm³/mol. The monoisotopic (exact) mass is 646 g/mol. The minimum Gasteiger partial charge on any atom is -0.504 e. The van der Waals surface area contributed by atoms with Crippen LogP contribution >= 0.6 is 39.1 Å². The number of carbonyl (C=O) groups excluding carboxylic acids is 4. The van der Waals surface area contributed by atoms with Gasteiger partial charge in [-0.25, -0.2) is 0 Å². The number of fused-ring (bicyclic) bond motifs is 4. The van der Waals surface area contributed by atoms with Crippen molar-refractivity contribution in [3.63, 3.8) is 0 Å². The van der Waals surface area contributed by atoms with Crippen LogP contribution in [0.5, 0.6) is 11.5 Å². The number of rotatable bonds is 5. The van der Waals surface area contributed by atoms with Crippen molar-refractivity contribution in [3.8, 4) is 11.5 Å². The number of nitrogens with zero attached hydrogens (tertiary/aromatic N) is 2. The first kappa shape index (κ1) is 27.3. The number of carbonyl (C=O) groups is 4. The molecule has 2 aliphatic heterocycles. The highest BCUT2D eigenvalue weighted by molar-refractivity contribution is 9.09. The Balaban J connectivity index is 1.50. The Bertz CT molecular complexity index is 1480. The smallest absolute Gasteiger partial charge is 0.254 e. The van der Waals surface area contributed by atoms with E-state index < -0.39 is 45.2 Å². The summed E-state index contributed by atoms with van der Waals surface area (Å²) in [7, 11) is 1.40. The first-order valence-corrected chi connectivity index (χ1v) is 14.7. The maximum absolute atomic E-state index is 13.9. The number of amides is 4. The van der Waals surface area contributed by atoms with Crippen molar-refractivity contribution in [1.29, 1.82) is 0 Å². The fraction of sp³-hybridized carbons (Fsp3) is 0.379. The molecule has 0 radical (unpaired) electrons. The average Bonchev–Trinajstić information content (AvgIpc) is 3.27. The Morgan fingerprint density at radius 1 is 0.975 bits per heavy atom. The number of hydrogen-bond acceptors (Lipinski definition) is 6. The maximum Gasteiger partial charge on any atom is 0.254 e. The molecule has 0 aromatic heterocycles. The molecule has 8 nitrogen and oxygen atoms in total. The van der Waals surface area contributed by atoms with Crippen LogP contribution in [0, 0.1) is 17.8 Å². The molecule has 6 unspecified atom stereocenters. The third-order valence-corrected chi connectivity index (χ3v) is 10.8. The number of imide groups is 2. The highest BCUT2D eigenvalue weighted by atomic mass is 79.9. The first-order valence-electron chi connectivity index (χ1n) is 12.8. The number of para-hydroxylation sites is 1. The molecule has 6 atom stereocenters. The summed E-state index contributed by atoms with van der Waals surface area (Å²) in [6.45, 7) is 0.133. The fourth-order valence-electron chi connectivity index (χ4n) is 7.02. The Kier molecular flexibility index (Phi) is 6.55. The van der Waals surface area contributed by atoms with Gasteiger partial charge < -0.3 is 9.84 Å². The van der Waals surface area contributed by atoms with E-state index in [4.69, 9.17) is 27.9 Å². The third-order valence-electron chi connectivity index (χ3n) is 8.85. The summed E-state index contributed by atoms with van der Waals surface area (Å²) in [5.41, 5.74) is 1.56. The molecule has 3 fully saturated rings. The van der Waals surface area contributed by atoms with Crippen molar-refractivity contribution in [3.05, 3.63) is 71.3 Å². The Morgan fingerprint density at radius 2 is 1.70 bits per heavy atom. The van der Waals surface area contributed by atoms with Gasteiger partial charge in [-0.05, 0) is 30.4 Å². The lowest BCUT2D eigenvalue weighted by atomic mass is 9.56. The number of halogens is 3. The number of hydrogen-bond donors (Lipinski definition) is 1. The van der Waals surface area contributed by atoms with Gasteiger partial charge >= 0.3 is 0 Å². The van der Waals surface area contributed by atoms with Crippen LogP contribution in [0.3, 0.4) is 0 Å². The summed E-state index contributed by atoms with van der Waals surface area (Å²) >= 11 is 17.6. The van der Waals surface area contributed by atoms with Crippen LogP contribution in [-0.4, -0.2) is 60.8 Å². The molecule has 0 bridgehead atoms. The van der Waals surface area contributed by atoms with Crippen molar-refractivity contribution in [2.45, 2.75) is 35.1 Å². The van der Waals surface area contributed by atoms with E-state index in [0.717, 1.165) is 10.5 Å². The molecule has 208 valence electrons. The van der Waals surface area contributed by atoms with Gasteiger partial charge in [-0.15, -0.1) is 23.2 Å². The topological polar surface area (TPSA) is 104 Å². The van der Waals surface area contributed by atoms with E-state index >= 15 is 0 Å². The van der Waals surface area contributed by atoms with Gasteiger partial charge in [0.25, 0.3) is 11.8 Å². The van der Waals surface area contributed by atoms with E-state index in [9.17, 15) is 24.3 Å². The highest BCUT2D eigenvalue weighted by Crippen LogP contribution is 2.66. The highest BCUT2D eigenvalue weighted by Gasteiger charge is 2.76. The summed E-state index contributed by atoms with van der Waals surface area (Å²) in [6, 6.07) is 14.1. The first-order chi connectivity index (χ1) is 19.1. The fourth-order valence-corrected chi connectivity index (χ4v) is 8.44. The molecule has 40 heavy (non-hydrogen) atoms. The molecule has 1 saturated carbocycles. The van der Waals surface area contributed by atoms with E-state index in [-0.39, 0.29) is 53.7 Å². The Labute approximate surface area is 249 Å². The Hall–Kier alpha value is -2.88. The second-order valence-corrected chi connectivity index (χ2v) is 12.4. The van der Waals surface area contributed by atoms with E-state index in [2.05, 4.69) is 15.9 Å². The number of aromatic hydroxyl groups is 1. The minimum absolute atomic E-state index is 0.113. The third kappa shape index (κ3) is 3.50. The average molecular weight is 648 g/mol. The summed E-state index contributed by atoms with van der Waals surface area (Å²) < 4.78 is 5.32. The number of alkyl halides is 3. The molecule has 4 aliphatic rings. The molecule has 11 heteroatoms. The molecule has 2 heterocycles. The van der Waals surface area contributed by atoms with E-state index in [0.29, 0.717) is 5.57 Å². The molecular formula is C29H25BrCl2N2O6. The minimum atomic E-state index is -1.99. The summed E-state index contributed by atoms with van der Waals surface area (Å²) in [5, 5.41) is 11.2. The molecule has 4 amide bonds. The number of phenols is 1. The molecule has 2 aliphatic carbocycles. The van der Waals surface area contributed by atoms with Crippen molar-refractivity contribution in [2.24, 2.45) is 17.8 Å². The van der Waals surface area contributed by atoms with Gasteiger partial charge in [-0.1, -0.05) is 70.0 Å². The molecule has 2 saturated heterocycles. The van der Waals surface area contributed by atoms with Crippen molar-refractivity contribution < 1.29 is 29.0 Å². The number of benzene rings is 2. The zero-order valence-electron chi connectivity index (χ0n) is 21.4. The van der Waals surface area contributed by atoms with Gasteiger partial charge in [-0.2, -0.15) is 0 Å². The van der Waals surface area contributed by atoms with Crippen LogP contribution in [0.25, 0.3) is 0 Å². The SMILES string of the molecule is COc1cccc(C2C3=CCC4C(=O)N(Cc5ccccc5)C(=O)C4C3CC3(Cl)C(=O)N(CBr)C(=O)C23Cl)c1O. The molecule has 6 rings (SSSR count). The second kappa shape index (κ2) is 9.60. The second-order valence-electron chi connectivity index (χ2n) is 10.6. The van der Waals surface area contributed by atoms with Crippen LogP contribution in [0.2, 0.25) is 0 Å². The van der Waals surface area contributed by atoms with E-state index in [1.54, 1.807) is 18.2 Å². The van der Waals surface area contributed by atoms with Gasteiger partial charge in [0, 0.05) is 11.5 Å². The number of likely N-dealkylation sites (tertiary alicyclic amines) is 2. The molecule has 2 aromatic rings. The van der Waals surface area contributed by atoms with Crippen molar-refractivity contribution >= 4 is 62.8 Å². The lowest BCUT2D eigenvalue weighted by Gasteiger charge is -2.50. The van der Waals surface area contributed by atoms with Gasteiger partial charge in [0.15, 0.2) is 21.2 Å². The lowest BCUT2D eigenvalue weighted by Crippen LogP contribution is -2.60. The van der Waals surface area contributed by atoms with Gasteiger partial charge in [-0.3, -0.25) is 29.0 Å². The summed E-state index contributed by atoms with van der Waals surface area (Å²) in [4.78, 5) is 53.3. The predicted octanol–water partition coefficient (Wildman–Crippen LogP) is 4.31. The van der Waals surface area contributed by atoms with E-state index in [1.165, 1.54) is 12.0 Å². The van der Waals surface area contributed by atoms with Crippen LogP contribution in [0.1, 0.15) is 29.9 Å². The zero-order chi connectivity index (χ0) is 28.6. The van der Waals surface area contributed by atoms with Crippen LogP contribution < -0.4 is 4.74 Å². The van der Waals surface area contributed by atoms with Crippen LogP contribution in [0.15, 0.2) is 60.2 Å². The molecule has 0 spiro atoms. The normalized spacial score (nSPS) is 33.0. The van der Waals surface area contributed by atoms with Crippen molar-refractivity contribution in [1.82, 2.24) is 9.80 Å².